The zero-order valence-corrected chi connectivity index (χ0v) is 13.0. The van der Waals surface area contributed by atoms with E-state index in [1.807, 2.05) is 0 Å². The number of hydrogen-bond donors (Lipinski definition) is 0. The van der Waals surface area contributed by atoms with Crippen molar-refractivity contribution in [3.05, 3.63) is 35.5 Å². The summed E-state index contributed by atoms with van der Waals surface area (Å²) in [6, 6.07) is 0. The van der Waals surface area contributed by atoms with E-state index in [0.717, 1.165) is 17.8 Å². The summed E-state index contributed by atoms with van der Waals surface area (Å²) >= 11 is 0. The summed E-state index contributed by atoms with van der Waals surface area (Å²) < 4.78 is 0. The Labute approximate surface area is 119 Å². The van der Waals surface area contributed by atoms with Gasteiger partial charge in [-0.15, -0.1) is 0 Å². The highest BCUT2D eigenvalue weighted by molar-refractivity contribution is 5.13. The van der Waals surface area contributed by atoms with Gasteiger partial charge in [-0.2, -0.15) is 0 Å². The predicted octanol–water partition coefficient (Wildman–Crippen LogP) is 6.06. The average Bonchev–Trinajstić information content (AvgIpc) is 2.98. The molecule has 19 heavy (non-hydrogen) atoms. The van der Waals surface area contributed by atoms with Gasteiger partial charge in [0.05, 0.1) is 0 Å². The van der Waals surface area contributed by atoms with Gasteiger partial charge in [0, 0.05) is 0 Å². The molecule has 0 saturated heterocycles. The van der Waals surface area contributed by atoms with E-state index in [-0.39, 0.29) is 0 Å². The Morgan fingerprint density at radius 2 is 2.00 bits per heavy atom. The number of fused-ring (bicyclic) bond motifs is 2. The number of hydrogen-bond acceptors (Lipinski definition) is 0. The van der Waals surface area contributed by atoms with Crippen molar-refractivity contribution >= 4 is 0 Å². The van der Waals surface area contributed by atoms with E-state index < -0.39 is 0 Å². The van der Waals surface area contributed by atoms with Gasteiger partial charge in [-0.25, -0.2) is 0 Å². The average molecular weight is 258 g/mol. The van der Waals surface area contributed by atoms with Crippen molar-refractivity contribution in [3.63, 3.8) is 0 Å². The highest BCUT2D eigenvalue weighted by Gasteiger charge is 2.35. The topological polar surface area (TPSA) is 0 Å². The second kappa shape index (κ2) is 7.12. The Morgan fingerprint density at radius 1 is 1.16 bits per heavy atom. The largest absolute Gasteiger partial charge is 0.0884 e. The highest BCUT2D eigenvalue weighted by Crippen LogP contribution is 2.46. The number of allylic oxidation sites excluding steroid dienone is 6. The lowest BCUT2D eigenvalue weighted by molar-refractivity contribution is 0.437. The summed E-state index contributed by atoms with van der Waals surface area (Å²) in [5.74, 6) is 2.79. The standard InChI is InChI=1S/C19H30/c1-4-16(9-7-5-6-8-15(2)3)12-19-14-17-10-11-18(19)13-17/h4,8,10-11,17-19H,5-7,9,12-14H2,1-3H3. The third kappa shape index (κ3) is 4.37. The van der Waals surface area contributed by atoms with Gasteiger partial charge >= 0.3 is 0 Å². The SMILES string of the molecule is CC=C(CCCCC=C(C)C)CC1CC2C=CC1C2. The van der Waals surface area contributed by atoms with Crippen LogP contribution in [-0.4, -0.2) is 0 Å². The molecule has 3 unspecified atom stereocenters. The molecule has 0 radical (unpaired) electrons. The van der Waals surface area contributed by atoms with Crippen LogP contribution in [0.25, 0.3) is 0 Å². The quantitative estimate of drug-likeness (QED) is 0.384. The molecule has 2 rings (SSSR count). The van der Waals surface area contributed by atoms with Crippen molar-refractivity contribution < 1.29 is 0 Å². The van der Waals surface area contributed by atoms with Crippen molar-refractivity contribution in [2.75, 3.05) is 0 Å². The molecule has 0 N–H and O–H groups in total. The molecular weight excluding hydrogens is 228 g/mol. The van der Waals surface area contributed by atoms with Crippen LogP contribution < -0.4 is 0 Å². The van der Waals surface area contributed by atoms with Crippen molar-refractivity contribution in [2.24, 2.45) is 17.8 Å². The molecule has 0 aromatic carbocycles. The van der Waals surface area contributed by atoms with Crippen molar-refractivity contribution in [3.8, 4) is 0 Å². The summed E-state index contributed by atoms with van der Waals surface area (Å²) in [4.78, 5) is 0. The molecule has 0 heteroatoms. The summed E-state index contributed by atoms with van der Waals surface area (Å²) in [6.45, 7) is 6.62. The van der Waals surface area contributed by atoms with Crippen LogP contribution in [-0.2, 0) is 0 Å². The first-order valence-electron chi connectivity index (χ1n) is 8.14. The monoisotopic (exact) mass is 258 g/mol. The molecule has 2 bridgehead atoms. The maximum absolute atomic E-state index is 2.49. The van der Waals surface area contributed by atoms with Gasteiger partial charge in [0.2, 0.25) is 0 Å². The molecule has 0 nitrogen and oxygen atoms in total. The molecule has 0 aliphatic heterocycles. The minimum absolute atomic E-state index is 0.908. The molecule has 2 aliphatic carbocycles. The zero-order valence-electron chi connectivity index (χ0n) is 13.0. The Hall–Kier alpha value is -0.780. The molecular formula is C19H30. The van der Waals surface area contributed by atoms with Crippen LogP contribution in [0.4, 0.5) is 0 Å². The van der Waals surface area contributed by atoms with E-state index in [1.165, 1.54) is 50.5 Å². The molecule has 2 aliphatic rings. The van der Waals surface area contributed by atoms with E-state index in [0.29, 0.717) is 0 Å². The molecule has 0 spiro atoms. The lowest BCUT2D eigenvalue weighted by atomic mass is 9.86. The Kier molecular flexibility index (Phi) is 5.48. The van der Waals surface area contributed by atoms with Crippen LogP contribution in [0.5, 0.6) is 0 Å². The molecule has 0 amide bonds. The predicted molar refractivity (Wildman–Crippen MR) is 85.1 cm³/mol. The van der Waals surface area contributed by atoms with Crippen molar-refractivity contribution in [1.82, 2.24) is 0 Å². The van der Waals surface area contributed by atoms with Gasteiger partial charge in [-0.05, 0) is 83.5 Å². The first-order chi connectivity index (χ1) is 9.19. The van der Waals surface area contributed by atoms with Crippen molar-refractivity contribution in [2.45, 2.75) is 65.7 Å². The third-order valence-electron chi connectivity index (χ3n) is 4.85. The van der Waals surface area contributed by atoms with Crippen LogP contribution in [0.3, 0.4) is 0 Å². The number of unbranched alkanes of at least 4 members (excludes halogenated alkanes) is 2. The second-order valence-corrected chi connectivity index (χ2v) is 6.72. The lowest BCUT2D eigenvalue weighted by Crippen LogP contribution is -2.08. The van der Waals surface area contributed by atoms with Gasteiger partial charge < -0.3 is 0 Å². The first-order valence-corrected chi connectivity index (χ1v) is 8.14. The van der Waals surface area contributed by atoms with E-state index in [9.17, 15) is 0 Å². The summed E-state index contributed by atoms with van der Waals surface area (Å²) in [7, 11) is 0. The fourth-order valence-electron chi connectivity index (χ4n) is 3.72. The van der Waals surface area contributed by atoms with Gasteiger partial charge in [0.15, 0.2) is 0 Å². The molecule has 3 atom stereocenters. The fourth-order valence-corrected chi connectivity index (χ4v) is 3.72. The maximum atomic E-state index is 2.49. The van der Waals surface area contributed by atoms with Crippen LogP contribution >= 0.6 is 0 Å². The van der Waals surface area contributed by atoms with Crippen LogP contribution in [0.1, 0.15) is 65.7 Å². The molecule has 106 valence electrons. The molecule has 0 aromatic heterocycles. The minimum atomic E-state index is 0.908. The molecule has 0 heterocycles. The molecule has 1 saturated carbocycles. The Morgan fingerprint density at radius 3 is 2.58 bits per heavy atom. The van der Waals surface area contributed by atoms with Gasteiger partial charge in [0.25, 0.3) is 0 Å². The Bertz CT molecular complexity index is 365. The van der Waals surface area contributed by atoms with Crippen molar-refractivity contribution in [1.29, 1.82) is 0 Å². The summed E-state index contributed by atoms with van der Waals surface area (Å²) in [5.41, 5.74) is 3.17. The molecule has 0 aromatic rings. The zero-order chi connectivity index (χ0) is 13.7. The number of rotatable bonds is 7. The second-order valence-electron chi connectivity index (χ2n) is 6.72. The van der Waals surface area contributed by atoms with Gasteiger partial charge in [-0.3, -0.25) is 0 Å². The highest BCUT2D eigenvalue weighted by atomic mass is 14.4. The van der Waals surface area contributed by atoms with E-state index >= 15 is 0 Å². The third-order valence-corrected chi connectivity index (χ3v) is 4.85. The van der Waals surface area contributed by atoms with Gasteiger partial charge in [-0.1, -0.05) is 35.5 Å². The summed E-state index contributed by atoms with van der Waals surface area (Å²) in [5, 5.41) is 0. The van der Waals surface area contributed by atoms with Gasteiger partial charge in [0.1, 0.15) is 0 Å². The summed E-state index contributed by atoms with van der Waals surface area (Å²) in [6.07, 6.45) is 19.3. The van der Waals surface area contributed by atoms with E-state index in [2.05, 4.69) is 45.1 Å². The fraction of sp³-hybridized carbons (Fsp3) is 0.684. The first kappa shape index (κ1) is 14.6. The van der Waals surface area contributed by atoms with E-state index in [1.54, 1.807) is 5.57 Å². The minimum Gasteiger partial charge on any atom is -0.0884 e. The smallest absolute Gasteiger partial charge is 0.0196 e. The van der Waals surface area contributed by atoms with Crippen LogP contribution in [0.15, 0.2) is 35.5 Å². The van der Waals surface area contributed by atoms with Crippen LogP contribution in [0, 0.1) is 17.8 Å². The van der Waals surface area contributed by atoms with E-state index in [4.69, 9.17) is 0 Å². The molecule has 1 fully saturated rings. The normalized spacial score (nSPS) is 29.0. The maximum Gasteiger partial charge on any atom is -0.0196 e. The lowest BCUT2D eigenvalue weighted by Gasteiger charge is -2.19. The Balaban J connectivity index is 1.67. The van der Waals surface area contributed by atoms with Crippen LogP contribution in [0.2, 0.25) is 0 Å².